The zero-order chi connectivity index (χ0) is 8.97. The van der Waals surface area contributed by atoms with Gasteiger partial charge in [-0.2, -0.15) is 0 Å². The number of hydrogen-bond acceptors (Lipinski definition) is 1. The van der Waals surface area contributed by atoms with Crippen molar-refractivity contribution >= 4 is 5.78 Å². The molecule has 1 aromatic carbocycles. The van der Waals surface area contributed by atoms with Crippen molar-refractivity contribution in [3.63, 3.8) is 0 Å². The molecule has 1 aromatic rings. The van der Waals surface area contributed by atoms with Crippen molar-refractivity contribution in [1.82, 2.24) is 0 Å². The summed E-state index contributed by atoms with van der Waals surface area (Å²) in [7, 11) is 0. The van der Waals surface area contributed by atoms with E-state index in [1.807, 2.05) is 0 Å². The van der Waals surface area contributed by atoms with E-state index in [2.05, 4.69) is 5.92 Å². The monoisotopic (exact) mass is 162 g/mol. The summed E-state index contributed by atoms with van der Waals surface area (Å²) in [4.78, 5) is 11.1. The summed E-state index contributed by atoms with van der Waals surface area (Å²) in [6.07, 6.45) is 5.01. The Morgan fingerprint density at radius 1 is 1.42 bits per heavy atom. The molecular weight excluding hydrogens is 155 g/mol. The lowest BCUT2D eigenvalue weighted by Crippen LogP contribution is -1.96. The van der Waals surface area contributed by atoms with Crippen LogP contribution in [0.25, 0.3) is 0 Å². The molecule has 0 radical (unpaired) electrons. The van der Waals surface area contributed by atoms with Crippen LogP contribution in [0.3, 0.4) is 0 Å². The molecule has 0 bridgehead atoms. The number of halogens is 1. The summed E-state index contributed by atoms with van der Waals surface area (Å²) in [6.45, 7) is 0. The van der Waals surface area contributed by atoms with Crippen LogP contribution in [0.15, 0.2) is 24.3 Å². The molecule has 0 saturated carbocycles. The van der Waals surface area contributed by atoms with Crippen molar-refractivity contribution in [1.29, 1.82) is 0 Å². The van der Waals surface area contributed by atoms with Crippen molar-refractivity contribution in [2.24, 2.45) is 0 Å². The molecule has 0 aliphatic heterocycles. The van der Waals surface area contributed by atoms with E-state index >= 15 is 0 Å². The molecule has 1 rings (SSSR count). The number of hydrogen-bond donors (Lipinski definition) is 0. The first-order chi connectivity index (χ1) is 5.74. The van der Waals surface area contributed by atoms with Crippen LogP contribution >= 0.6 is 0 Å². The maximum absolute atomic E-state index is 12.4. The van der Waals surface area contributed by atoms with Crippen LogP contribution in [-0.2, 0) is 0 Å². The van der Waals surface area contributed by atoms with E-state index in [1.54, 1.807) is 0 Å². The average molecular weight is 162 g/mol. The molecule has 60 valence electrons. The Labute approximate surface area is 70.2 Å². The van der Waals surface area contributed by atoms with Crippen molar-refractivity contribution in [2.75, 3.05) is 0 Å². The van der Waals surface area contributed by atoms with Gasteiger partial charge >= 0.3 is 0 Å². The third-order valence-corrected chi connectivity index (χ3v) is 1.43. The maximum atomic E-state index is 12.4. The van der Waals surface area contributed by atoms with Crippen LogP contribution in [0.1, 0.15) is 16.8 Å². The molecule has 12 heavy (non-hydrogen) atoms. The van der Waals surface area contributed by atoms with Crippen LogP contribution in [0.2, 0.25) is 0 Å². The molecule has 2 heteroatoms. The molecule has 0 aromatic heterocycles. The number of Topliss-reactive ketones (excluding diaryl/α,β-unsaturated/α-hetero) is 1. The van der Waals surface area contributed by atoms with E-state index in [0.29, 0.717) is 5.56 Å². The number of benzene rings is 1. The predicted octanol–water partition coefficient (Wildman–Crippen LogP) is 2.03. The normalized spacial score (nSPS) is 9.00. The van der Waals surface area contributed by atoms with Crippen LogP contribution in [0.4, 0.5) is 4.39 Å². The molecule has 0 aliphatic carbocycles. The van der Waals surface area contributed by atoms with Crippen molar-refractivity contribution in [2.45, 2.75) is 6.42 Å². The number of rotatable bonds is 2. The minimum absolute atomic E-state index is 0.0611. The smallest absolute Gasteiger partial charge is 0.174 e. The van der Waals surface area contributed by atoms with Gasteiger partial charge in [0.05, 0.1) is 6.42 Å². The van der Waals surface area contributed by atoms with Gasteiger partial charge in [0, 0.05) is 5.56 Å². The minimum atomic E-state index is -0.354. The Kier molecular flexibility index (Phi) is 2.60. The molecule has 0 spiro atoms. The molecule has 1 nitrogen and oxygen atoms in total. The lowest BCUT2D eigenvalue weighted by atomic mass is 10.1. The SMILES string of the molecule is C#CCC(=O)c1ccc(F)cc1. The molecule has 0 N–H and O–H groups in total. The summed E-state index contributed by atoms with van der Waals surface area (Å²) >= 11 is 0. The number of carbonyl (C=O) groups excluding carboxylic acids is 1. The molecule has 0 aliphatic rings. The van der Waals surface area contributed by atoms with Crippen molar-refractivity contribution in [3.05, 3.63) is 35.6 Å². The van der Waals surface area contributed by atoms with Gasteiger partial charge in [0.2, 0.25) is 0 Å². The van der Waals surface area contributed by atoms with Gasteiger partial charge in [-0.3, -0.25) is 4.79 Å². The number of ketones is 1. The largest absolute Gasteiger partial charge is 0.293 e. The second kappa shape index (κ2) is 3.68. The second-order valence-corrected chi connectivity index (χ2v) is 2.31. The molecule has 0 unspecified atom stereocenters. The van der Waals surface area contributed by atoms with Gasteiger partial charge in [-0.05, 0) is 24.3 Å². The van der Waals surface area contributed by atoms with Gasteiger partial charge in [-0.1, -0.05) is 5.92 Å². The molecular formula is C10H7FO. The summed E-state index contributed by atoms with van der Waals surface area (Å²) in [5.74, 6) is 1.73. The topological polar surface area (TPSA) is 17.1 Å². The first kappa shape index (κ1) is 8.48. The van der Waals surface area contributed by atoms with E-state index in [-0.39, 0.29) is 18.0 Å². The highest BCUT2D eigenvalue weighted by Gasteiger charge is 2.02. The minimum Gasteiger partial charge on any atom is -0.293 e. The Balaban J connectivity index is 2.84. The maximum Gasteiger partial charge on any atom is 0.174 e. The first-order valence-corrected chi connectivity index (χ1v) is 3.46. The highest BCUT2D eigenvalue weighted by Crippen LogP contribution is 2.04. The van der Waals surface area contributed by atoms with E-state index < -0.39 is 0 Å². The summed E-state index contributed by atoms with van der Waals surface area (Å²) < 4.78 is 12.4. The molecule has 0 saturated heterocycles. The predicted molar refractivity (Wildman–Crippen MR) is 44.2 cm³/mol. The Morgan fingerprint density at radius 3 is 2.50 bits per heavy atom. The van der Waals surface area contributed by atoms with E-state index in [9.17, 15) is 9.18 Å². The third-order valence-electron chi connectivity index (χ3n) is 1.43. The number of terminal acetylenes is 1. The van der Waals surface area contributed by atoms with E-state index in [4.69, 9.17) is 6.42 Å². The third kappa shape index (κ3) is 1.93. The molecule has 0 fully saturated rings. The Hall–Kier alpha value is -1.62. The quantitative estimate of drug-likeness (QED) is 0.480. The zero-order valence-corrected chi connectivity index (χ0v) is 6.38. The second-order valence-electron chi connectivity index (χ2n) is 2.31. The molecule has 0 heterocycles. The van der Waals surface area contributed by atoms with Crippen LogP contribution in [0, 0.1) is 18.2 Å². The fraction of sp³-hybridized carbons (Fsp3) is 0.100. The van der Waals surface area contributed by atoms with Crippen LogP contribution < -0.4 is 0 Å². The fourth-order valence-corrected chi connectivity index (χ4v) is 0.831. The zero-order valence-electron chi connectivity index (χ0n) is 6.38. The van der Waals surface area contributed by atoms with E-state index in [1.165, 1.54) is 24.3 Å². The fourth-order valence-electron chi connectivity index (χ4n) is 0.831. The van der Waals surface area contributed by atoms with Crippen molar-refractivity contribution < 1.29 is 9.18 Å². The van der Waals surface area contributed by atoms with Gasteiger partial charge in [0.1, 0.15) is 5.82 Å². The molecule has 0 amide bonds. The Bertz CT molecular complexity index is 319. The number of carbonyl (C=O) groups is 1. The van der Waals surface area contributed by atoms with Gasteiger partial charge in [0.15, 0.2) is 5.78 Å². The van der Waals surface area contributed by atoms with Crippen LogP contribution in [0.5, 0.6) is 0 Å². The lowest BCUT2D eigenvalue weighted by Gasteiger charge is -1.95. The van der Waals surface area contributed by atoms with E-state index in [0.717, 1.165) is 0 Å². The highest BCUT2D eigenvalue weighted by atomic mass is 19.1. The first-order valence-electron chi connectivity index (χ1n) is 3.46. The average Bonchev–Trinajstić information content (AvgIpc) is 2.06. The van der Waals surface area contributed by atoms with Crippen molar-refractivity contribution in [3.8, 4) is 12.3 Å². The van der Waals surface area contributed by atoms with Gasteiger partial charge in [-0.25, -0.2) is 4.39 Å². The molecule has 0 atom stereocenters. The standard InChI is InChI=1S/C10H7FO/c1-2-3-10(12)8-4-6-9(11)7-5-8/h1,4-7H,3H2. The van der Waals surface area contributed by atoms with Crippen LogP contribution in [-0.4, -0.2) is 5.78 Å². The highest BCUT2D eigenvalue weighted by molar-refractivity contribution is 5.97. The Morgan fingerprint density at radius 2 is 2.00 bits per heavy atom. The summed E-state index contributed by atoms with van der Waals surface area (Å²) in [5.41, 5.74) is 0.453. The summed E-state index contributed by atoms with van der Waals surface area (Å²) in [6, 6.07) is 5.33. The summed E-state index contributed by atoms with van der Waals surface area (Å²) in [5, 5.41) is 0. The van der Waals surface area contributed by atoms with Gasteiger partial charge < -0.3 is 0 Å². The lowest BCUT2D eigenvalue weighted by molar-refractivity contribution is 0.0998. The van der Waals surface area contributed by atoms with Gasteiger partial charge in [-0.15, -0.1) is 6.42 Å². The van der Waals surface area contributed by atoms with Gasteiger partial charge in [0.25, 0.3) is 0 Å².